The number of β-amino-alcohol motifs (C(OH)–C–C–N with tert-alkyl or cyclic N) is 1. The van der Waals surface area contributed by atoms with Crippen LogP contribution in [0.25, 0.3) is 11.1 Å². The summed E-state index contributed by atoms with van der Waals surface area (Å²) in [6.07, 6.45) is -2.62. The Hall–Kier alpha value is -4.03. The maximum atomic E-state index is 13.0. The van der Waals surface area contributed by atoms with E-state index in [4.69, 9.17) is 9.47 Å². The number of nitrogens with zero attached hydrogens (tertiary/aromatic N) is 3. The van der Waals surface area contributed by atoms with Crippen molar-refractivity contribution in [2.45, 2.75) is 31.5 Å². The van der Waals surface area contributed by atoms with E-state index in [1.807, 2.05) is 13.0 Å². The predicted molar refractivity (Wildman–Crippen MR) is 134 cm³/mol. The smallest absolute Gasteiger partial charge is 0.433 e. The maximum absolute atomic E-state index is 13.0. The molecule has 2 aliphatic rings. The molecule has 3 aromatic rings. The molecule has 0 bridgehead atoms. The van der Waals surface area contributed by atoms with Crippen LogP contribution in [-0.2, 0) is 15.7 Å². The highest BCUT2D eigenvalue weighted by molar-refractivity contribution is 6.04. The van der Waals surface area contributed by atoms with Crippen LogP contribution in [0.4, 0.5) is 29.5 Å². The summed E-state index contributed by atoms with van der Waals surface area (Å²) in [5, 5.41) is 12.2. The van der Waals surface area contributed by atoms with E-state index in [1.54, 1.807) is 24.4 Å². The highest BCUT2D eigenvalue weighted by Crippen LogP contribution is 2.40. The zero-order chi connectivity index (χ0) is 27.7. The second kappa shape index (κ2) is 10.6. The van der Waals surface area contributed by atoms with Crippen molar-refractivity contribution in [3.8, 4) is 11.1 Å². The number of halogens is 3. The van der Waals surface area contributed by atoms with Gasteiger partial charge in [0.2, 0.25) is 0 Å². The van der Waals surface area contributed by atoms with Crippen molar-refractivity contribution < 1.29 is 37.3 Å². The number of carbonyl (C=O) groups is 2. The lowest BCUT2D eigenvalue weighted by Gasteiger charge is -2.29. The third-order valence-electron chi connectivity index (χ3n) is 6.77. The van der Waals surface area contributed by atoms with Gasteiger partial charge in [-0.25, -0.2) is 9.78 Å². The molecule has 2 amide bonds. The standard InChI is InChI=1S/C27H25F3N4O5/c1-15-2-3-18(33-25(36)16-4-6-31-23(11-16)27(28,29)30)12-20(15)17-10-21-19-5-9-38-14-22(19)39-26(37)34(7-8-35)24(21)32-13-17/h2-4,6,10-13,19,22,35H,5,7-9,14H2,1H3,(H,33,36). The number of aliphatic hydroxyl groups is 1. The first-order valence-electron chi connectivity index (χ1n) is 12.3. The van der Waals surface area contributed by atoms with E-state index in [0.717, 1.165) is 22.9 Å². The molecule has 0 saturated carbocycles. The van der Waals surface area contributed by atoms with E-state index in [0.29, 0.717) is 36.2 Å². The van der Waals surface area contributed by atoms with Crippen LogP contribution in [0.15, 0.2) is 48.8 Å². The fraction of sp³-hybridized carbons (Fsp3) is 0.333. The summed E-state index contributed by atoms with van der Waals surface area (Å²) < 4.78 is 50.3. The molecule has 2 atom stereocenters. The molecule has 0 spiro atoms. The Bertz CT molecular complexity index is 1410. The number of fused-ring (bicyclic) bond motifs is 3. The summed E-state index contributed by atoms with van der Waals surface area (Å²) in [6.45, 7) is 2.37. The van der Waals surface area contributed by atoms with Gasteiger partial charge in [-0.15, -0.1) is 0 Å². The lowest BCUT2D eigenvalue weighted by Crippen LogP contribution is -2.38. The molecule has 5 rings (SSSR count). The van der Waals surface area contributed by atoms with Crippen LogP contribution in [0, 0.1) is 6.92 Å². The third-order valence-corrected chi connectivity index (χ3v) is 6.77. The number of aryl methyl sites for hydroxylation is 1. The topological polar surface area (TPSA) is 114 Å². The first-order chi connectivity index (χ1) is 18.7. The van der Waals surface area contributed by atoms with Gasteiger partial charge in [-0.1, -0.05) is 6.07 Å². The van der Waals surface area contributed by atoms with Gasteiger partial charge in [-0.2, -0.15) is 13.2 Å². The van der Waals surface area contributed by atoms with E-state index >= 15 is 0 Å². The number of aliphatic hydroxyl groups excluding tert-OH is 1. The number of amides is 2. The molecule has 2 unspecified atom stereocenters. The van der Waals surface area contributed by atoms with Gasteiger partial charge in [0.1, 0.15) is 17.6 Å². The van der Waals surface area contributed by atoms with Gasteiger partial charge in [0.25, 0.3) is 5.91 Å². The van der Waals surface area contributed by atoms with Crippen molar-refractivity contribution in [1.82, 2.24) is 9.97 Å². The van der Waals surface area contributed by atoms with Crippen LogP contribution in [-0.4, -0.2) is 59.5 Å². The Kier molecular flexibility index (Phi) is 7.23. The fourth-order valence-corrected chi connectivity index (χ4v) is 4.82. The summed E-state index contributed by atoms with van der Waals surface area (Å²) >= 11 is 0. The van der Waals surface area contributed by atoms with Crippen LogP contribution in [0.2, 0.25) is 0 Å². The van der Waals surface area contributed by atoms with E-state index in [1.165, 1.54) is 11.0 Å². The largest absolute Gasteiger partial charge is 0.443 e. The van der Waals surface area contributed by atoms with Gasteiger partial charge >= 0.3 is 12.3 Å². The Labute approximate surface area is 221 Å². The van der Waals surface area contributed by atoms with Crippen molar-refractivity contribution in [3.63, 3.8) is 0 Å². The van der Waals surface area contributed by atoms with Crippen molar-refractivity contribution in [2.75, 3.05) is 36.6 Å². The Balaban J connectivity index is 1.49. The van der Waals surface area contributed by atoms with E-state index < -0.39 is 30.0 Å². The number of alkyl halides is 3. The van der Waals surface area contributed by atoms with Crippen molar-refractivity contribution in [1.29, 1.82) is 0 Å². The minimum absolute atomic E-state index is 0.0179. The molecule has 0 aliphatic carbocycles. The molecular weight excluding hydrogens is 517 g/mol. The molecule has 12 heteroatoms. The third kappa shape index (κ3) is 5.43. The number of rotatable bonds is 5. The molecule has 4 heterocycles. The van der Waals surface area contributed by atoms with E-state index in [-0.39, 0.29) is 31.2 Å². The zero-order valence-corrected chi connectivity index (χ0v) is 20.9. The molecule has 1 fully saturated rings. The molecule has 39 heavy (non-hydrogen) atoms. The molecule has 2 N–H and O–H groups in total. The monoisotopic (exact) mass is 542 g/mol. The highest BCUT2D eigenvalue weighted by Gasteiger charge is 2.39. The van der Waals surface area contributed by atoms with Crippen molar-refractivity contribution in [2.24, 2.45) is 0 Å². The molecule has 0 radical (unpaired) electrons. The Morgan fingerprint density at radius 2 is 2.03 bits per heavy atom. The summed E-state index contributed by atoms with van der Waals surface area (Å²) in [5.74, 6) is -0.461. The van der Waals surface area contributed by atoms with Crippen molar-refractivity contribution >= 4 is 23.5 Å². The van der Waals surface area contributed by atoms with Crippen LogP contribution in [0.5, 0.6) is 0 Å². The number of pyridine rings is 2. The predicted octanol–water partition coefficient (Wildman–Crippen LogP) is 4.54. The minimum Gasteiger partial charge on any atom is -0.443 e. The minimum atomic E-state index is -4.67. The van der Waals surface area contributed by atoms with E-state index in [2.05, 4.69) is 15.3 Å². The summed E-state index contributed by atoms with van der Waals surface area (Å²) in [7, 11) is 0. The second-order valence-corrected chi connectivity index (χ2v) is 9.32. The summed E-state index contributed by atoms with van der Waals surface area (Å²) in [5.41, 5.74) is 2.16. The fourth-order valence-electron chi connectivity index (χ4n) is 4.82. The molecule has 9 nitrogen and oxygen atoms in total. The molecule has 2 aromatic heterocycles. The number of hydrogen-bond acceptors (Lipinski definition) is 7. The van der Waals surface area contributed by atoms with Crippen LogP contribution in [0.1, 0.15) is 39.5 Å². The van der Waals surface area contributed by atoms with Gasteiger partial charge in [0.15, 0.2) is 0 Å². The number of nitrogens with one attached hydrogen (secondary N) is 1. The second-order valence-electron chi connectivity index (χ2n) is 9.32. The van der Waals surface area contributed by atoms with Gasteiger partial charge in [-0.05, 0) is 54.8 Å². The van der Waals surface area contributed by atoms with Gasteiger partial charge in [-0.3, -0.25) is 14.7 Å². The first-order valence-corrected chi connectivity index (χ1v) is 12.3. The molecule has 1 saturated heterocycles. The maximum Gasteiger partial charge on any atom is 0.433 e. The summed E-state index contributed by atoms with van der Waals surface area (Å²) in [6, 6.07) is 8.99. The average molecular weight is 543 g/mol. The molecular formula is C27H25F3N4O5. The quantitative estimate of drug-likeness (QED) is 0.487. The lowest BCUT2D eigenvalue weighted by atomic mass is 9.87. The van der Waals surface area contributed by atoms with Gasteiger partial charge in [0, 0.05) is 47.3 Å². The number of anilines is 2. The highest BCUT2D eigenvalue weighted by atomic mass is 19.4. The number of aromatic nitrogens is 2. The molecule has 2 aliphatic heterocycles. The van der Waals surface area contributed by atoms with E-state index in [9.17, 15) is 27.9 Å². The van der Waals surface area contributed by atoms with Crippen molar-refractivity contribution in [3.05, 3.63) is 71.2 Å². The van der Waals surface area contributed by atoms with Crippen LogP contribution >= 0.6 is 0 Å². The first kappa shape index (κ1) is 26.6. The number of benzene rings is 1. The van der Waals surface area contributed by atoms with Crippen LogP contribution < -0.4 is 10.2 Å². The molecule has 204 valence electrons. The Morgan fingerprint density at radius 1 is 1.21 bits per heavy atom. The van der Waals surface area contributed by atoms with Crippen LogP contribution in [0.3, 0.4) is 0 Å². The molecule has 1 aromatic carbocycles. The SMILES string of the molecule is Cc1ccc(NC(=O)c2ccnc(C(F)(F)F)c2)cc1-c1cnc2c(c1)C1CCOCC1OC(=O)N2CCO. The lowest BCUT2D eigenvalue weighted by molar-refractivity contribution is -0.141. The average Bonchev–Trinajstić information content (AvgIpc) is 3.03. The zero-order valence-electron chi connectivity index (χ0n) is 20.9. The Morgan fingerprint density at radius 3 is 2.79 bits per heavy atom. The normalized spacial score (nSPS) is 19.0. The van der Waals surface area contributed by atoms with Gasteiger partial charge < -0.3 is 19.9 Å². The van der Waals surface area contributed by atoms with Gasteiger partial charge in [0.05, 0.1) is 19.8 Å². The summed E-state index contributed by atoms with van der Waals surface area (Å²) in [4.78, 5) is 34.7. The number of carbonyl (C=O) groups excluding carboxylic acids is 2. The number of ether oxygens (including phenoxy) is 2. The number of hydrogen-bond donors (Lipinski definition) is 2.